The van der Waals surface area contributed by atoms with Gasteiger partial charge in [-0.3, -0.25) is 14.5 Å². The second-order valence-electron chi connectivity index (χ2n) is 9.95. The third kappa shape index (κ3) is 8.02. The number of nitrogens with zero attached hydrogens (tertiary/aromatic N) is 1. The highest BCUT2D eigenvalue weighted by Gasteiger charge is 2.31. The highest BCUT2D eigenvalue weighted by Crippen LogP contribution is 2.17. The largest absolute Gasteiger partial charge is 0.459 e. The predicted octanol–water partition coefficient (Wildman–Crippen LogP) is 1.13. The smallest absolute Gasteiger partial charge is 0.338 e. The Kier molecular flexibility index (Phi) is 10.4. The van der Waals surface area contributed by atoms with Gasteiger partial charge < -0.3 is 36.1 Å². The van der Waals surface area contributed by atoms with E-state index in [0.717, 1.165) is 51.1 Å². The van der Waals surface area contributed by atoms with Crippen molar-refractivity contribution in [3.8, 4) is 0 Å². The Morgan fingerprint density at radius 3 is 2.64 bits per heavy atom. The Labute approximate surface area is 232 Å². The molecule has 4 rings (SSSR count). The Bertz CT molecular complexity index is 1180. The van der Waals surface area contributed by atoms with E-state index >= 15 is 0 Å². The lowest BCUT2D eigenvalue weighted by atomic mass is 10.0. The number of aromatic amines is 1. The number of amides is 1. The van der Waals surface area contributed by atoms with E-state index in [1.54, 1.807) is 7.11 Å². The minimum Gasteiger partial charge on any atom is -0.459 e. The summed E-state index contributed by atoms with van der Waals surface area (Å²) in [4.78, 5) is 41.9. The molecule has 0 spiro atoms. The standard InChI is InChI=1S/C27H37ClN6O5/c1-38-23-16-34(12-8-22(23)32-25(35)20-14-21(28)24(29)33-26(20)36)13-11-31-15-17-2-4-18(5-3-17)27(37)39-19-6-9-30-10-7-19/h2-5,14,19,22-23,30-31H,6-13,15-16H2,1H3,(H,32,35)(H3,29,33,36)/t22-,23+/m1/s1. The van der Waals surface area contributed by atoms with Gasteiger partial charge in [-0.05, 0) is 56.1 Å². The highest BCUT2D eigenvalue weighted by atomic mass is 35.5. The van der Waals surface area contributed by atoms with Gasteiger partial charge in [0.1, 0.15) is 17.5 Å². The molecule has 12 heteroatoms. The minimum atomic E-state index is -0.585. The first-order valence-electron chi connectivity index (χ1n) is 13.3. The number of nitrogens with one attached hydrogen (secondary N) is 4. The van der Waals surface area contributed by atoms with Gasteiger partial charge in [-0.15, -0.1) is 0 Å². The van der Waals surface area contributed by atoms with Crippen LogP contribution in [-0.4, -0.2) is 86.4 Å². The van der Waals surface area contributed by atoms with E-state index in [1.165, 1.54) is 6.07 Å². The second-order valence-corrected chi connectivity index (χ2v) is 10.4. The maximum atomic E-state index is 12.7. The Morgan fingerprint density at radius 1 is 1.18 bits per heavy atom. The van der Waals surface area contributed by atoms with Gasteiger partial charge in [-0.1, -0.05) is 23.7 Å². The first kappa shape index (κ1) is 29.0. The summed E-state index contributed by atoms with van der Waals surface area (Å²) in [5.41, 5.74) is 6.58. The molecule has 2 atom stereocenters. The summed E-state index contributed by atoms with van der Waals surface area (Å²) in [6.45, 7) is 5.45. The van der Waals surface area contributed by atoms with Crippen molar-refractivity contribution in [1.29, 1.82) is 0 Å². The summed E-state index contributed by atoms with van der Waals surface area (Å²) in [5.74, 6) is -0.747. The zero-order valence-electron chi connectivity index (χ0n) is 22.1. The van der Waals surface area contributed by atoms with Crippen molar-refractivity contribution in [1.82, 2.24) is 25.8 Å². The van der Waals surface area contributed by atoms with Crippen molar-refractivity contribution < 1.29 is 19.1 Å². The van der Waals surface area contributed by atoms with Gasteiger partial charge >= 0.3 is 5.97 Å². The number of likely N-dealkylation sites (tertiary alicyclic amines) is 1. The molecule has 212 valence electrons. The molecular weight excluding hydrogens is 524 g/mol. The monoisotopic (exact) mass is 560 g/mol. The van der Waals surface area contributed by atoms with Crippen LogP contribution in [0.2, 0.25) is 5.02 Å². The summed E-state index contributed by atoms with van der Waals surface area (Å²) in [5, 5.41) is 9.73. The van der Waals surface area contributed by atoms with E-state index < -0.39 is 11.5 Å². The predicted molar refractivity (Wildman–Crippen MR) is 149 cm³/mol. The molecule has 1 aromatic carbocycles. The van der Waals surface area contributed by atoms with Crippen LogP contribution in [0.15, 0.2) is 35.1 Å². The normalized spacial score (nSPS) is 20.5. The number of aromatic nitrogens is 1. The molecule has 2 aliphatic rings. The third-order valence-electron chi connectivity index (χ3n) is 7.21. The van der Waals surface area contributed by atoms with Crippen LogP contribution >= 0.6 is 11.6 Å². The zero-order chi connectivity index (χ0) is 27.8. The fraction of sp³-hybridized carbons (Fsp3) is 0.519. The van der Waals surface area contributed by atoms with Crippen molar-refractivity contribution in [3.63, 3.8) is 0 Å². The first-order valence-corrected chi connectivity index (χ1v) is 13.7. The number of carbonyl (C=O) groups excluding carboxylic acids is 2. The summed E-state index contributed by atoms with van der Waals surface area (Å²) >= 11 is 5.97. The lowest BCUT2D eigenvalue weighted by Gasteiger charge is -2.38. The average molecular weight is 561 g/mol. The van der Waals surface area contributed by atoms with Gasteiger partial charge in [0.15, 0.2) is 0 Å². The Morgan fingerprint density at radius 2 is 1.92 bits per heavy atom. The molecule has 2 aromatic rings. The van der Waals surface area contributed by atoms with Gasteiger partial charge in [0.25, 0.3) is 11.5 Å². The molecule has 39 heavy (non-hydrogen) atoms. The van der Waals surface area contributed by atoms with E-state index in [-0.39, 0.29) is 40.6 Å². The van der Waals surface area contributed by atoms with Crippen molar-refractivity contribution in [2.75, 3.05) is 52.1 Å². The topological polar surface area (TPSA) is 151 Å². The number of pyridine rings is 1. The summed E-state index contributed by atoms with van der Waals surface area (Å²) in [6.07, 6.45) is 2.16. The number of nitrogens with two attached hydrogens (primary N) is 1. The van der Waals surface area contributed by atoms with Crippen molar-refractivity contribution in [3.05, 3.63) is 62.4 Å². The number of rotatable bonds is 10. The van der Waals surface area contributed by atoms with Crippen LogP contribution in [0.4, 0.5) is 5.82 Å². The van der Waals surface area contributed by atoms with Crippen LogP contribution in [0, 0.1) is 0 Å². The van der Waals surface area contributed by atoms with Crippen LogP contribution in [0.5, 0.6) is 0 Å². The van der Waals surface area contributed by atoms with Crippen LogP contribution < -0.4 is 27.2 Å². The molecule has 2 aliphatic heterocycles. The summed E-state index contributed by atoms with van der Waals surface area (Å²) in [6, 6.07) is 8.56. The third-order valence-corrected chi connectivity index (χ3v) is 7.52. The Balaban J connectivity index is 1.18. The van der Waals surface area contributed by atoms with E-state index in [9.17, 15) is 14.4 Å². The van der Waals surface area contributed by atoms with Gasteiger partial charge in [0.05, 0.1) is 22.7 Å². The number of hydrogen-bond donors (Lipinski definition) is 5. The molecule has 1 amide bonds. The van der Waals surface area contributed by atoms with Gasteiger partial charge in [-0.2, -0.15) is 0 Å². The molecule has 0 saturated carbocycles. The van der Waals surface area contributed by atoms with Gasteiger partial charge in [0, 0.05) is 39.8 Å². The van der Waals surface area contributed by atoms with Crippen LogP contribution in [0.25, 0.3) is 0 Å². The van der Waals surface area contributed by atoms with Crippen LogP contribution in [0.3, 0.4) is 0 Å². The lowest BCUT2D eigenvalue weighted by molar-refractivity contribution is 0.00678. The number of esters is 1. The SMILES string of the molecule is CO[C@H]1CN(CCNCc2ccc(C(=O)OC3CCNCC3)cc2)CC[C@H]1NC(=O)c1cc(Cl)c(N)[nH]c1=O. The molecule has 0 aliphatic carbocycles. The molecule has 0 unspecified atom stereocenters. The van der Waals surface area contributed by atoms with E-state index in [0.29, 0.717) is 25.1 Å². The number of methoxy groups -OCH3 is 1. The van der Waals surface area contributed by atoms with Crippen LogP contribution in [-0.2, 0) is 16.0 Å². The van der Waals surface area contributed by atoms with E-state index in [4.69, 9.17) is 26.8 Å². The minimum absolute atomic E-state index is 0.00805. The van der Waals surface area contributed by atoms with Crippen molar-refractivity contribution in [2.45, 2.75) is 44.1 Å². The average Bonchev–Trinajstić information content (AvgIpc) is 2.94. The second kappa shape index (κ2) is 13.9. The maximum Gasteiger partial charge on any atom is 0.338 e. The number of benzene rings is 1. The number of anilines is 1. The number of nitrogen functional groups attached to an aromatic ring is 1. The summed E-state index contributed by atoms with van der Waals surface area (Å²) in [7, 11) is 1.62. The Hall–Kier alpha value is -2.96. The van der Waals surface area contributed by atoms with Crippen molar-refractivity contribution >= 4 is 29.3 Å². The van der Waals surface area contributed by atoms with E-state index in [2.05, 4.69) is 25.8 Å². The molecule has 3 heterocycles. The molecule has 11 nitrogen and oxygen atoms in total. The molecule has 1 aromatic heterocycles. The number of hydrogen-bond acceptors (Lipinski definition) is 9. The molecule has 2 fully saturated rings. The highest BCUT2D eigenvalue weighted by molar-refractivity contribution is 6.33. The fourth-order valence-corrected chi connectivity index (χ4v) is 5.04. The lowest BCUT2D eigenvalue weighted by Crippen LogP contribution is -2.55. The van der Waals surface area contributed by atoms with Crippen molar-refractivity contribution in [2.24, 2.45) is 0 Å². The molecule has 6 N–H and O–H groups in total. The van der Waals surface area contributed by atoms with Gasteiger partial charge in [-0.25, -0.2) is 4.79 Å². The fourth-order valence-electron chi connectivity index (χ4n) is 4.88. The number of halogens is 1. The quantitative estimate of drug-likeness (QED) is 0.213. The molecule has 0 radical (unpaired) electrons. The molecule has 2 saturated heterocycles. The van der Waals surface area contributed by atoms with Gasteiger partial charge in [0.2, 0.25) is 0 Å². The first-order chi connectivity index (χ1) is 18.8. The number of carbonyl (C=O) groups is 2. The van der Waals surface area contributed by atoms with E-state index in [1.807, 2.05) is 24.3 Å². The zero-order valence-corrected chi connectivity index (χ0v) is 22.9. The number of piperidine rings is 2. The number of H-pyrrole nitrogens is 1. The molecular formula is C27H37ClN6O5. The van der Waals surface area contributed by atoms with Crippen LogP contribution in [0.1, 0.15) is 45.5 Å². The molecule has 0 bridgehead atoms. The maximum absolute atomic E-state index is 12.7. The summed E-state index contributed by atoms with van der Waals surface area (Å²) < 4.78 is 11.3. The number of ether oxygens (including phenoxy) is 2.